The highest BCUT2D eigenvalue weighted by molar-refractivity contribution is 6.30. The molecule has 0 saturated heterocycles. The van der Waals surface area contributed by atoms with Crippen LogP contribution in [0.15, 0.2) is 24.3 Å². The minimum Gasteiger partial charge on any atom is -0.0843 e. The van der Waals surface area contributed by atoms with Gasteiger partial charge in [-0.1, -0.05) is 11.6 Å². The molecular formula is C6H4ClN2+. The van der Waals surface area contributed by atoms with E-state index in [4.69, 9.17) is 17.0 Å². The van der Waals surface area contributed by atoms with E-state index < -0.39 is 0 Å². The molecule has 1 rings (SSSR count). The molecule has 0 aliphatic carbocycles. The van der Waals surface area contributed by atoms with E-state index in [0.717, 1.165) is 0 Å². The zero-order valence-electron chi connectivity index (χ0n) is 4.58. The third-order valence-corrected chi connectivity index (χ3v) is 1.19. The summed E-state index contributed by atoms with van der Waals surface area (Å²) in [6.07, 6.45) is 0. The van der Waals surface area contributed by atoms with E-state index in [1.54, 1.807) is 24.3 Å². The first kappa shape index (κ1) is 6.06. The number of hydrogen-bond acceptors (Lipinski definition) is 1. The molecule has 3 heteroatoms. The molecule has 0 radical (unpaired) electrons. The fourth-order valence-corrected chi connectivity index (χ4v) is 0.634. The lowest BCUT2D eigenvalue weighted by Gasteiger charge is -1.78. The highest BCUT2D eigenvalue weighted by atomic mass is 35.5. The standard InChI is InChI=1S/C6H4ClN2/c7-5-1-3-6(9-8)4-2-5/h1-4H/q+1/i1+2,2+2,3+2,4+2,5+2,6+2. The minimum atomic E-state index is 0.513. The number of diazo groups is 1. The Hall–Kier alpha value is -1.07. The SMILES string of the molecule is N#[N+][14c]1[14cH][14cH][14c](Cl)[14cH][14cH]1. The Kier molecular flexibility index (Phi) is 1.66. The van der Waals surface area contributed by atoms with E-state index >= 15 is 0 Å². The van der Waals surface area contributed by atoms with E-state index in [1.165, 1.54) is 0 Å². The predicted molar refractivity (Wildman–Crippen MR) is 36.2 cm³/mol. The van der Waals surface area contributed by atoms with E-state index in [0.29, 0.717) is 10.7 Å². The van der Waals surface area contributed by atoms with Gasteiger partial charge in [0, 0.05) is 17.2 Å². The maximum absolute atomic E-state index is 8.21. The van der Waals surface area contributed by atoms with Crippen LogP contribution in [-0.2, 0) is 0 Å². The van der Waals surface area contributed by atoms with Gasteiger partial charge >= 0.3 is 5.69 Å². The molecule has 0 bridgehead atoms. The Bertz CT molecular complexity index is 234. The molecule has 0 aliphatic rings. The van der Waals surface area contributed by atoms with Crippen LogP contribution in [0.2, 0.25) is 5.02 Å². The second-order valence-corrected chi connectivity index (χ2v) is 2.01. The molecule has 9 heavy (non-hydrogen) atoms. The van der Waals surface area contributed by atoms with Crippen LogP contribution in [0.5, 0.6) is 0 Å². The largest absolute Gasteiger partial charge is 0.385 e. The van der Waals surface area contributed by atoms with E-state index in [1.807, 2.05) is 0 Å². The van der Waals surface area contributed by atoms with Crippen molar-refractivity contribution in [2.75, 3.05) is 0 Å². The molecule has 0 heterocycles. The molecule has 0 saturated carbocycles. The van der Waals surface area contributed by atoms with Crippen molar-refractivity contribution in [3.63, 3.8) is 0 Å². The van der Waals surface area contributed by atoms with Gasteiger partial charge in [0.15, 0.2) is 4.98 Å². The van der Waals surface area contributed by atoms with Crippen molar-refractivity contribution >= 4 is 17.3 Å². The number of halogens is 1. The second kappa shape index (κ2) is 2.47. The van der Waals surface area contributed by atoms with Gasteiger partial charge in [0.2, 0.25) is 5.39 Å². The summed E-state index contributed by atoms with van der Waals surface area (Å²) in [7, 11) is 0. The van der Waals surface area contributed by atoms with Crippen molar-refractivity contribution in [2.24, 2.45) is 0 Å². The van der Waals surface area contributed by atoms with Crippen LogP contribution in [0.3, 0.4) is 0 Å². The fraction of sp³-hybridized carbons (Fsp3) is 0. The third-order valence-electron chi connectivity index (χ3n) is 0.942. The average Bonchev–Trinajstić information content (AvgIpc) is 1.90. The number of nitrogens with zero attached hydrogens (tertiary/aromatic N) is 2. The van der Waals surface area contributed by atoms with E-state index in [-0.39, 0.29) is 0 Å². The van der Waals surface area contributed by atoms with Crippen molar-refractivity contribution < 1.29 is 0 Å². The van der Waals surface area contributed by atoms with E-state index in [9.17, 15) is 0 Å². The average molecular weight is 152 g/mol. The van der Waals surface area contributed by atoms with Gasteiger partial charge in [0.05, 0.1) is 0 Å². The minimum absolute atomic E-state index is 0.513. The van der Waals surface area contributed by atoms with Gasteiger partial charge in [-0.25, -0.2) is 0 Å². The van der Waals surface area contributed by atoms with Gasteiger partial charge in [-0.15, -0.1) is 0 Å². The molecule has 0 unspecified atom stereocenters. The Morgan fingerprint density at radius 1 is 1.22 bits per heavy atom. The number of hydrogen-bond donors (Lipinski definition) is 0. The molecule has 0 spiro atoms. The van der Waals surface area contributed by atoms with Crippen LogP contribution in [0.1, 0.15) is 0 Å². The summed E-state index contributed by atoms with van der Waals surface area (Å²) in [6, 6.07) is 6.58. The highest BCUT2D eigenvalue weighted by Crippen LogP contribution is 2.15. The van der Waals surface area contributed by atoms with Crippen LogP contribution >= 0.6 is 11.6 Å². The topological polar surface area (TPSA) is 28.1 Å². The van der Waals surface area contributed by atoms with Crippen LogP contribution in [0.4, 0.5) is 5.69 Å². The van der Waals surface area contributed by atoms with Crippen molar-refractivity contribution in [2.45, 2.75) is 0 Å². The van der Waals surface area contributed by atoms with Gasteiger partial charge in [-0.05, 0) is 12.1 Å². The molecule has 1 aromatic rings. The van der Waals surface area contributed by atoms with Crippen molar-refractivity contribution in [3.05, 3.63) is 34.3 Å². The summed E-state index contributed by atoms with van der Waals surface area (Å²) in [5.41, 5.74) is 0.513. The number of benzene rings is 1. The first-order chi connectivity index (χ1) is 4.33. The molecule has 0 aromatic heterocycles. The number of rotatable bonds is 0. The normalized spacial score (nSPS) is 8.44. The highest BCUT2D eigenvalue weighted by Gasteiger charge is 1.99. The van der Waals surface area contributed by atoms with Crippen LogP contribution in [-0.4, -0.2) is 0 Å². The summed E-state index contributed by atoms with van der Waals surface area (Å²) < 4.78 is 0. The Morgan fingerprint density at radius 2 is 1.78 bits per heavy atom. The lowest BCUT2D eigenvalue weighted by atomic mass is 12.2. The molecule has 0 amide bonds. The molecular weight excluding hydrogens is 147 g/mol. The molecule has 0 atom stereocenters. The molecule has 0 fully saturated rings. The van der Waals surface area contributed by atoms with Crippen molar-refractivity contribution in [1.29, 1.82) is 5.39 Å². The Morgan fingerprint density at radius 3 is 2.22 bits per heavy atom. The van der Waals surface area contributed by atoms with Gasteiger partial charge in [0.1, 0.15) is 0 Å². The van der Waals surface area contributed by atoms with Gasteiger partial charge in [0.25, 0.3) is 0 Å². The summed E-state index contributed by atoms with van der Waals surface area (Å²) in [4.78, 5) is 2.95. The molecule has 1 aromatic carbocycles. The first-order valence-electron chi connectivity index (χ1n) is 2.43. The quantitative estimate of drug-likeness (QED) is 0.524. The van der Waals surface area contributed by atoms with Gasteiger partial charge in [-0.3, -0.25) is 0 Å². The summed E-state index contributed by atoms with van der Waals surface area (Å²) in [5.74, 6) is 0. The second-order valence-electron chi connectivity index (χ2n) is 1.58. The van der Waals surface area contributed by atoms with Crippen LogP contribution in [0, 0.1) is 5.39 Å². The lowest BCUT2D eigenvalue weighted by Crippen LogP contribution is -1.59. The predicted octanol–water partition coefficient (Wildman–Crippen LogP) is 2.82. The molecule has 44 valence electrons. The zero-order valence-corrected chi connectivity index (χ0v) is 5.34. The summed E-state index contributed by atoms with van der Waals surface area (Å²) >= 11 is 5.55. The monoisotopic (exact) mass is 151 g/mol. The maximum Gasteiger partial charge on any atom is 0.385 e. The molecule has 0 N–H and O–H groups in total. The van der Waals surface area contributed by atoms with Crippen LogP contribution in [0.25, 0.3) is 4.98 Å². The third kappa shape index (κ3) is 1.41. The zero-order chi connectivity index (χ0) is 6.69. The van der Waals surface area contributed by atoms with E-state index in [2.05, 4.69) is 4.98 Å². The summed E-state index contributed by atoms with van der Waals surface area (Å²) in [5, 5.41) is 8.85. The van der Waals surface area contributed by atoms with Crippen molar-refractivity contribution in [1.82, 2.24) is 0 Å². The van der Waals surface area contributed by atoms with Gasteiger partial charge < -0.3 is 0 Å². The first-order valence-corrected chi connectivity index (χ1v) is 2.81. The fourth-order valence-electron chi connectivity index (χ4n) is 0.508. The lowest BCUT2D eigenvalue weighted by molar-refractivity contribution is 1.46. The van der Waals surface area contributed by atoms with Gasteiger partial charge in [-0.2, -0.15) is 0 Å². The maximum atomic E-state index is 8.21. The van der Waals surface area contributed by atoms with Crippen molar-refractivity contribution in [3.8, 4) is 0 Å². The Labute approximate surface area is 57.7 Å². The van der Waals surface area contributed by atoms with Crippen LogP contribution < -0.4 is 0 Å². The smallest absolute Gasteiger partial charge is 0.0843 e. The molecule has 2 nitrogen and oxygen atoms in total. The Balaban J connectivity index is 3.06. The summed E-state index contributed by atoms with van der Waals surface area (Å²) in [6.45, 7) is 0. The molecule has 0 aliphatic heterocycles.